The molecule has 6 heteroatoms. The van der Waals surface area contributed by atoms with E-state index in [2.05, 4.69) is 47.2 Å². The van der Waals surface area contributed by atoms with Gasteiger partial charge in [-0.05, 0) is 98.6 Å². The van der Waals surface area contributed by atoms with Crippen LogP contribution in [-0.2, 0) is 16.1 Å². The number of carbonyl (C=O) groups is 2. The summed E-state index contributed by atoms with van der Waals surface area (Å²) in [4.78, 5) is 31.5. The second-order valence-electron chi connectivity index (χ2n) is 10.3. The van der Waals surface area contributed by atoms with Crippen LogP contribution in [0.5, 0.6) is 0 Å². The van der Waals surface area contributed by atoms with Crippen molar-refractivity contribution in [3.05, 3.63) is 89.0 Å². The van der Waals surface area contributed by atoms with Gasteiger partial charge < -0.3 is 14.7 Å². The molecule has 3 aromatic rings. The third-order valence-corrected chi connectivity index (χ3v) is 7.48. The molecule has 5 nitrogen and oxygen atoms in total. The molecule has 0 unspecified atom stereocenters. The predicted octanol–water partition coefficient (Wildman–Crippen LogP) is 6.55. The number of benzene rings is 3. The molecule has 0 N–H and O–H groups in total. The van der Waals surface area contributed by atoms with E-state index in [1.54, 1.807) is 12.2 Å². The van der Waals surface area contributed by atoms with Gasteiger partial charge in [-0.3, -0.25) is 9.59 Å². The van der Waals surface area contributed by atoms with E-state index in [4.69, 9.17) is 11.6 Å². The van der Waals surface area contributed by atoms with E-state index in [1.807, 2.05) is 55.4 Å². The van der Waals surface area contributed by atoms with Crippen LogP contribution in [0, 0.1) is 5.92 Å². The highest BCUT2D eigenvalue weighted by Crippen LogP contribution is 2.31. The average Bonchev–Trinajstić information content (AvgIpc) is 2.91. The number of anilines is 2. The van der Waals surface area contributed by atoms with E-state index in [-0.39, 0.29) is 17.6 Å². The van der Waals surface area contributed by atoms with Gasteiger partial charge in [0.25, 0.3) is 0 Å². The van der Waals surface area contributed by atoms with Gasteiger partial charge in [0.2, 0.25) is 5.91 Å². The van der Waals surface area contributed by atoms with Crippen LogP contribution < -0.4 is 9.80 Å². The summed E-state index contributed by atoms with van der Waals surface area (Å²) in [6.07, 6.45) is 5.01. The van der Waals surface area contributed by atoms with Gasteiger partial charge in [-0.25, -0.2) is 0 Å². The van der Waals surface area contributed by atoms with Crippen molar-refractivity contribution in [3.63, 3.8) is 0 Å². The zero-order valence-corrected chi connectivity index (χ0v) is 23.4. The fraction of sp³-hybridized carbons (Fsp3) is 0.312. The lowest BCUT2D eigenvalue weighted by Crippen LogP contribution is -2.41. The van der Waals surface area contributed by atoms with Crippen LogP contribution in [0.2, 0.25) is 5.02 Å². The molecule has 1 heterocycles. The smallest absolute Gasteiger partial charge is 0.230 e. The van der Waals surface area contributed by atoms with Crippen molar-refractivity contribution in [2.75, 3.05) is 44.0 Å². The lowest BCUT2D eigenvalue weighted by atomic mass is 9.94. The molecule has 1 amide bonds. The Morgan fingerprint density at radius 3 is 2.26 bits per heavy atom. The van der Waals surface area contributed by atoms with Crippen molar-refractivity contribution in [1.29, 1.82) is 0 Å². The lowest BCUT2D eigenvalue weighted by molar-refractivity contribution is -0.123. The number of rotatable bonds is 8. The molecule has 0 radical (unpaired) electrons. The van der Waals surface area contributed by atoms with Crippen molar-refractivity contribution in [3.8, 4) is 11.1 Å². The Morgan fingerprint density at radius 2 is 1.63 bits per heavy atom. The number of piperidine rings is 1. The van der Waals surface area contributed by atoms with Crippen LogP contribution in [-0.4, -0.2) is 50.8 Å². The number of allylic oxidation sites excluding steroid dienone is 1. The summed E-state index contributed by atoms with van der Waals surface area (Å²) in [5.41, 5.74) is 5.84. The Kier molecular flexibility index (Phi) is 9.03. The van der Waals surface area contributed by atoms with Crippen molar-refractivity contribution < 1.29 is 9.59 Å². The maximum Gasteiger partial charge on any atom is 0.230 e. The maximum atomic E-state index is 13.9. The second-order valence-corrected chi connectivity index (χ2v) is 10.7. The molecule has 4 rings (SSSR count). The van der Waals surface area contributed by atoms with Crippen molar-refractivity contribution in [2.45, 2.75) is 26.3 Å². The number of hydrogen-bond acceptors (Lipinski definition) is 4. The molecule has 198 valence electrons. The minimum Gasteiger partial charge on any atom is -0.378 e. The minimum absolute atomic E-state index is 0.0158. The first-order chi connectivity index (χ1) is 18.2. The third kappa shape index (κ3) is 6.91. The number of halogens is 1. The molecule has 0 bridgehead atoms. The van der Waals surface area contributed by atoms with Gasteiger partial charge in [0.05, 0.1) is 6.54 Å². The molecule has 1 saturated heterocycles. The van der Waals surface area contributed by atoms with Crippen LogP contribution in [0.4, 0.5) is 11.4 Å². The predicted molar refractivity (Wildman–Crippen MR) is 159 cm³/mol. The van der Waals surface area contributed by atoms with Gasteiger partial charge in [0.15, 0.2) is 5.78 Å². The molecule has 0 aromatic heterocycles. The van der Waals surface area contributed by atoms with Crippen molar-refractivity contribution in [1.82, 2.24) is 4.90 Å². The molecule has 0 spiro atoms. The summed E-state index contributed by atoms with van der Waals surface area (Å²) in [7, 11) is 6.14. The largest absolute Gasteiger partial charge is 0.378 e. The number of amides is 1. The van der Waals surface area contributed by atoms with Crippen LogP contribution in [0.15, 0.2) is 72.8 Å². The maximum absolute atomic E-state index is 13.9. The first kappa shape index (κ1) is 27.6. The first-order valence-corrected chi connectivity index (χ1v) is 13.4. The van der Waals surface area contributed by atoms with E-state index in [9.17, 15) is 9.59 Å². The highest BCUT2D eigenvalue weighted by atomic mass is 35.5. The number of hydrogen-bond donors (Lipinski definition) is 0. The van der Waals surface area contributed by atoms with Crippen LogP contribution in [0.25, 0.3) is 17.2 Å². The quantitative estimate of drug-likeness (QED) is 0.310. The molecule has 0 atom stereocenters. The van der Waals surface area contributed by atoms with Gasteiger partial charge in [-0.15, -0.1) is 0 Å². The zero-order chi connectivity index (χ0) is 27.2. The van der Waals surface area contributed by atoms with Crippen LogP contribution in [0.3, 0.4) is 0 Å². The van der Waals surface area contributed by atoms with E-state index < -0.39 is 0 Å². The Hall–Kier alpha value is -3.41. The standard InChI is InChI=1S/C32H36ClN3O2/c1-23(37)8-9-24-6-5-7-30(20-24)36(32(38)26-16-18-35(4)19-17-26)22-28-11-10-27(21-31(28)33)25-12-14-29(15-13-25)34(2)3/h5-15,20-21,26H,16-19,22H2,1-4H3/b9-8+. The molecule has 0 saturated carbocycles. The highest BCUT2D eigenvalue weighted by Gasteiger charge is 2.29. The number of likely N-dealkylation sites (tertiary alicyclic amines) is 1. The normalized spacial score (nSPS) is 14.6. The highest BCUT2D eigenvalue weighted by molar-refractivity contribution is 6.31. The number of ketones is 1. The van der Waals surface area contributed by atoms with Crippen molar-refractivity contribution >= 4 is 40.7 Å². The molecule has 1 aliphatic rings. The Balaban J connectivity index is 1.63. The molecular weight excluding hydrogens is 494 g/mol. The second kappa shape index (κ2) is 12.4. The van der Waals surface area contributed by atoms with E-state index in [0.717, 1.165) is 59.6 Å². The van der Waals surface area contributed by atoms with Crippen LogP contribution >= 0.6 is 11.6 Å². The molecule has 3 aromatic carbocycles. The lowest BCUT2D eigenvalue weighted by Gasteiger charge is -2.33. The molecule has 1 aliphatic heterocycles. The van der Waals surface area contributed by atoms with Gasteiger partial charge in [-0.2, -0.15) is 0 Å². The van der Waals surface area contributed by atoms with Crippen LogP contribution in [0.1, 0.15) is 30.9 Å². The Labute approximate surface area is 231 Å². The zero-order valence-electron chi connectivity index (χ0n) is 22.7. The summed E-state index contributed by atoms with van der Waals surface area (Å²) in [5, 5.41) is 0.632. The fourth-order valence-electron chi connectivity index (χ4n) is 4.76. The summed E-state index contributed by atoms with van der Waals surface area (Å²) in [5.74, 6) is 0.0685. The molecule has 0 aliphatic carbocycles. The van der Waals surface area contributed by atoms with E-state index in [0.29, 0.717) is 11.6 Å². The summed E-state index contributed by atoms with van der Waals surface area (Å²) in [6, 6.07) is 22.2. The Morgan fingerprint density at radius 1 is 0.947 bits per heavy atom. The monoisotopic (exact) mass is 529 g/mol. The molecule has 38 heavy (non-hydrogen) atoms. The molecule has 1 fully saturated rings. The van der Waals surface area contributed by atoms with Gasteiger partial charge in [0, 0.05) is 36.4 Å². The SMILES string of the molecule is CC(=O)/C=C/c1cccc(N(Cc2ccc(-c3ccc(N(C)C)cc3)cc2Cl)C(=O)C2CCN(C)CC2)c1. The summed E-state index contributed by atoms with van der Waals surface area (Å²) < 4.78 is 0. The summed E-state index contributed by atoms with van der Waals surface area (Å²) >= 11 is 6.82. The topological polar surface area (TPSA) is 43.9 Å². The first-order valence-electron chi connectivity index (χ1n) is 13.1. The number of carbonyl (C=O) groups excluding carboxylic acids is 2. The van der Waals surface area contributed by atoms with Gasteiger partial charge >= 0.3 is 0 Å². The van der Waals surface area contributed by atoms with E-state index in [1.165, 1.54) is 6.92 Å². The number of nitrogens with zero attached hydrogens (tertiary/aromatic N) is 3. The van der Waals surface area contributed by atoms with Crippen molar-refractivity contribution in [2.24, 2.45) is 5.92 Å². The Bertz CT molecular complexity index is 1310. The van der Waals surface area contributed by atoms with E-state index >= 15 is 0 Å². The summed E-state index contributed by atoms with van der Waals surface area (Å²) in [6.45, 7) is 3.73. The fourth-order valence-corrected chi connectivity index (χ4v) is 5.00. The minimum atomic E-state index is -0.0316. The van der Waals surface area contributed by atoms with Gasteiger partial charge in [0.1, 0.15) is 0 Å². The third-order valence-electron chi connectivity index (χ3n) is 7.12. The average molecular weight is 530 g/mol. The van der Waals surface area contributed by atoms with Gasteiger partial charge in [-0.1, -0.05) is 54.1 Å². The molecular formula is C32H36ClN3O2.